The maximum atomic E-state index is 4.49. The fourth-order valence-electron chi connectivity index (χ4n) is 2.25. The van der Waals surface area contributed by atoms with Crippen LogP contribution in [0.5, 0.6) is 0 Å². The third-order valence-corrected chi connectivity index (χ3v) is 4.00. The van der Waals surface area contributed by atoms with Crippen LogP contribution in [0.25, 0.3) is 11.6 Å². The van der Waals surface area contributed by atoms with E-state index in [-0.39, 0.29) is 0 Å². The molecule has 0 aliphatic heterocycles. The molecule has 4 aromatic heterocycles. The third kappa shape index (κ3) is 2.10. The number of hydrogen-bond donors (Lipinski definition) is 0. The molecule has 4 aromatic rings. The van der Waals surface area contributed by atoms with Crippen molar-refractivity contribution in [3.8, 4) is 0 Å². The van der Waals surface area contributed by atoms with E-state index in [9.17, 15) is 0 Å². The number of aryl methyl sites for hydroxylation is 3. The molecule has 110 valence electrons. The zero-order chi connectivity index (χ0) is 15.3. The van der Waals surface area contributed by atoms with Crippen LogP contribution in [0.2, 0.25) is 0 Å². The molecule has 0 unspecified atom stereocenters. The minimum atomic E-state index is 0.566. The first-order valence-electron chi connectivity index (χ1n) is 6.66. The van der Waals surface area contributed by atoms with E-state index in [1.165, 1.54) is 18.1 Å². The molecular formula is C13H12N8S. The maximum absolute atomic E-state index is 4.49. The summed E-state index contributed by atoms with van der Waals surface area (Å²) in [7, 11) is 0. The van der Waals surface area contributed by atoms with Crippen LogP contribution in [-0.4, -0.2) is 39.2 Å². The molecule has 8 nitrogen and oxygen atoms in total. The summed E-state index contributed by atoms with van der Waals surface area (Å²) >= 11 is 1.41. The predicted octanol–water partition coefficient (Wildman–Crippen LogP) is 1.64. The SMILES string of the molecule is Cc1cc(C)n2nc(Sc3cc(C)nc4ncnn34)nc2n1. The second-order valence-electron chi connectivity index (χ2n) is 4.95. The Morgan fingerprint density at radius 3 is 2.55 bits per heavy atom. The molecule has 0 fully saturated rings. The lowest BCUT2D eigenvalue weighted by Gasteiger charge is -2.01. The zero-order valence-corrected chi connectivity index (χ0v) is 13.0. The van der Waals surface area contributed by atoms with Crippen molar-refractivity contribution >= 4 is 23.3 Å². The van der Waals surface area contributed by atoms with E-state index in [4.69, 9.17) is 0 Å². The van der Waals surface area contributed by atoms with Gasteiger partial charge >= 0.3 is 0 Å². The summed E-state index contributed by atoms with van der Waals surface area (Å²) in [4.78, 5) is 17.3. The highest BCUT2D eigenvalue weighted by molar-refractivity contribution is 7.99. The Hall–Kier alpha value is -2.55. The lowest BCUT2D eigenvalue weighted by atomic mass is 10.4. The Labute approximate surface area is 129 Å². The minimum Gasteiger partial charge on any atom is -0.216 e. The standard InChI is InChI=1S/C13H12N8S/c1-7-4-9(3)20-12(17-7)18-13(19-20)22-10-5-8(2)16-11-14-6-15-21(10)11/h4-6H,1-3H3. The topological polar surface area (TPSA) is 86.2 Å². The van der Waals surface area contributed by atoms with Crippen molar-refractivity contribution in [1.29, 1.82) is 0 Å². The van der Waals surface area contributed by atoms with Crippen LogP contribution in [0.15, 0.2) is 28.6 Å². The van der Waals surface area contributed by atoms with Gasteiger partial charge in [0.25, 0.3) is 11.6 Å². The molecular weight excluding hydrogens is 300 g/mol. The van der Waals surface area contributed by atoms with Gasteiger partial charge in [0.2, 0.25) is 5.16 Å². The molecule has 0 radical (unpaired) electrons. The molecule has 0 saturated heterocycles. The third-order valence-electron chi connectivity index (χ3n) is 3.14. The number of aromatic nitrogens is 8. The number of hydrogen-bond acceptors (Lipinski definition) is 7. The first kappa shape index (κ1) is 13.1. The van der Waals surface area contributed by atoms with Crippen LogP contribution >= 0.6 is 11.8 Å². The smallest absolute Gasteiger partial charge is 0.216 e. The summed E-state index contributed by atoms with van der Waals surface area (Å²) in [5.41, 5.74) is 2.79. The summed E-state index contributed by atoms with van der Waals surface area (Å²) < 4.78 is 3.41. The average Bonchev–Trinajstić information content (AvgIpc) is 3.04. The average molecular weight is 312 g/mol. The Bertz CT molecular complexity index is 1000. The lowest BCUT2D eigenvalue weighted by Crippen LogP contribution is -1.98. The summed E-state index contributed by atoms with van der Waals surface area (Å²) in [5.74, 6) is 1.16. The Morgan fingerprint density at radius 2 is 1.68 bits per heavy atom. The van der Waals surface area contributed by atoms with Crippen LogP contribution < -0.4 is 0 Å². The Morgan fingerprint density at radius 1 is 0.909 bits per heavy atom. The maximum Gasteiger partial charge on any atom is 0.253 e. The fourth-order valence-corrected chi connectivity index (χ4v) is 3.14. The molecule has 0 atom stereocenters. The van der Waals surface area contributed by atoms with Crippen LogP contribution in [-0.2, 0) is 0 Å². The van der Waals surface area contributed by atoms with Crippen LogP contribution in [0.4, 0.5) is 0 Å². The molecule has 0 spiro atoms. The van der Waals surface area contributed by atoms with E-state index < -0.39 is 0 Å². The Kier molecular flexibility index (Phi) is 2.83. The second kappa shape index (κ2) is 4.73. The Balaban J connectivity index is 1.82. The van der Waals surface area contributed by atoms with Crippen molar-refractivity contribution in [2.75, 3.05) is 0 Å². The molecule has 0 amide bonds. The first-order valence-corrected chi connectivity index (χ1v) is 7.48. The number of rotatable bonds is 2. The molecule has 0 N–H and O–H groups in total. The molecule has 4 rings (SSSR count). The van der Waals surface area contributed by atoms with Crippen molar-refractivity contribution in [3.05, 3.63) is 35.5 Å². The van der Waals surface area contributed by atoms with Crippen LogP contribution in [0.3, 0.4) is 0 Å². The van der Waals surface area contributed by atoms with Crippen molar-refractivity contribution in [2.24, 2.45) is 0 Å². The van der Waals surface area contributed by atoms with Crippen molar-refractivity contribution in [3.63, 3.8) is 0 Å². The number of nitrogens with zero attached hydrogens (tertiary/aromatic N) is 8. The summed E-state index contributed by atoms with van der Waals surface area (Å²) in [5, 5.41) is 10.2. The van der Waals surface area contributed by atoms with Gasteiger partial charge in [0.1, 0.15) is 11.4 Å². The van der Waals surface area contributed by atoms with Crippen molar-refractivity contribution < 1.29 is 0 Å². The quantitative estimate of drug-likeness (QED) is 0.520. The first-order chi connectivity index (χ1) is 10.6. The second-order valence-corrected chi connectivity index (χ2v) is 5.94. The highest BCUT2D eigenvalue weighted by Crippen LogP contribution is 2.25. The van der Waals surface area contributed by atoms with Gasteiger partial charge in [-0.05, 0) is 44.7 Å². The van der Waals surface area contributed by atoms with E-state index in [0.717, 1.165) is 22.1 Å². The fraction of sp³-hybridized carbons (Fsp3) is 0.231. The van der Waals surface area contributed by atoms with Crippen molar-refractivity contribution in [2.45, 2.75) is 31.0 Å². The molecule has 0 aliphatic rings. The molecule has 9 heteroatoms. The highest BCUT2D eigenvalue weighted by Gasteiger charge is 2.13. The molecule has 22 heavy (non-hydrogen) atoms. The van der Waals surface area contributed by atoms with Gasteiger partial charge in [0.05, 0.1) is 0 Å². The van der Waals surface area contributed by atoms with Gasteiger partial charge in [-0.1, -0.05) is 0 Å². The molecule has 0 aliphatic carbocycles. The summed E-state index contributed by atoms with van der Waals surface area (Å²) in [6.45, 7) is 5.85. The highest BCUT2D eigenvalue weighted by atomic mass is 32.2. The molecule has 0 saturated carbocycles. The van der Waals surface area contributed by atoms with Crippen LogP contribution in [0.1, 0.15) is 17.1 Å². The van der Waals surface area contributed by atoms with E-state index >= 15 is 0 Å². The molecule has 0 bridgehead atoms. The lowest BCUT2D eigenvalue weighted by molar-refractivity contribution is 0.819. The molecule has 0 aromatic carbocycles. The predicted molar refractivity (Wildman–Crippen MR) is 79.9 cm³/mol. The monoisotopic (exact) mass is 312 g/mol. The minimum absolute atomic E-state index is 0.566. The zero-order valence-electron chi connectivity index (χ0n) is 12.2. The van der Waals surface area contributed by atoms with Gasteiger partial charge in [-0.15, -0.1) is 5.10 Å². The van der Waals surface area contributed by atoms with Gasteiger partial charge in [0.15, 0.2) is 0 Å². The summed E-state index contributed by atoms with van der Waals surface area (Å²) in [6, 6.07) is 3.91. The van der Waals surface area contributed by atoms with Gasteiger partial charge in [-0.3, -0.25) is 0 Å². The summed E-state index contributed by atoms with van der Waals surface area (Å²) in [6.07, 6.45) is 1.48. The van der Waals surface area contributed by atoms with E-state index in [2.05, 4.69) is 30.1 Å². The van der Waals surface area contributed by atoms with Crippen LogP contribution in [0, 0.1) is 20.8 Å². The van der Waals surface area contributed by atoms with Gasteiger partial charge in [-0.2, -0.15) is 19.6 Å². The van der Waals surface area contributed by atoms with Gasteiger partial charge in [-0.25, -0.2) is 14.5 Å². The molecule has 4 heterocycles. The van der Waals surface area contributed by atoms with Gasteiger partial charge < -0.3 is 0 Å². The van der Waals surface area contributed by atoms with E-state index in [0.29, 0.717) is 16.7 Å². The normalized spacial score (nSPS) is 11.6. The van der Waals surface area contributed by atoms with E-state index in [1.54, 1.807) is 9.03 Å². The van der Waals surface area contributed by atoms with Gasteiger partial charge in [0, 0.05) is 17.1 Å². The van der Waals surface area contributed by atoms with E-state index in [1.807, 2.05) is 32.9 Å². The largest absolute Gasteiger partial charge is 0.253 e. The van der Waals surface area contributed by atoms with Crippen molar-refractivity contribution in [1.82, 2.24) is 39.2 Å². The number of fused-ring (bicyclic) bond motifs is 2.